The minimum absolute atomic E-state index is 0.0175. The van der Waals surface area contributed by atoms with Crippen molar-refractivity contribution in [2.45, 2.75) is 42.3 Å². The highest BCUT2D eigenvalue weighted by molar-refractivity contribution is 7.97. The van der Waals surface area contributed by atoms with Crippen molar-refractivity contribution in [3.8, 4) is 0 Å². The van der Waals surface area contributed by atoms with Crippen LogP contribution >= 0.6 is 0 Å². The van der Waals surface area contributed by atoms with Crippen LogP contribution in [0.4, 0.5) is 5.82 Å². The van der Waals surface area contributed by atoms with E-state index in [0.717, 1.165) is 6.42 Å². The fraction of sp³-hybridized carbons (Fsp3) is 0.562. The summed E-state index contributed by atoms with van der Waals surface area (Å²) in [5.41, 5.74) is 12.7. The Labute approximate surface area is 153 Å². The summed E-state index contributed by atoms with van der Waals surface area (Å²) in [6, 6.07) is 0.102. The van der Waals surface area contributed by atoms with Gasteiger partial charge in [0.15, 0.2) is 17.7 Å². The number of hydrogen-bond donors (Lipinski definition) is 4. The van der Waals surface area contributed by atoms with Crippen molar-refractivity contribution in [2.24, 2.45) is 5.73 Å². The van der Waals surface area contributed by atoms with Gasteiger partial charge in [-0.1, -0.05) is 6.08 Å². The van der Waals surface area contributed by atoms with Crippen LogP contribution in [0.25, 0.3) is 11.2 Å². The van der Waals surface area contributed by atoms with Gasteiger partial charge in [-0.25, -0.2) is 15.0 Å². The Morgan fingerprint density at radius 1 is 1.27 bits per heavy atom. The minimum Gasteiger partial charge on any atom is -0.387 e. The van der Waals surface area contributed by atoms with Gasteiger partial charge in [0.2, 0.25) is 0 Å². The molecule has 0 bridgehead atoms. The molecule has 7 atom stereocenters. The summed E-state index contributed by atoms with van der Waals surface area (Å²) in [6.07, 6.45) is 6.77. The maximum absolute atomic E-state index is 10.5. The SMILES string of the molecule is C[S+](C[C@@H]1O[C@H](n2cnc3c(N)ncnc32)[C@@H](O)[C@H]1O)C1C=CC(N)C1. The van der Waals surface area contributed by atoms with Crippen LogP contribution < -0.4 is 11.5 Å². The Kier molecular flexibility index (Phi) is 4.61. The van der Waals surface area contributed by atoms with Gasteiger partial charge in [0.25, 0.3) is 0 Å². The Morgan fingerprint density at radius 3 is 2.81 bits per heavy atom. The first-order valence-corrected chi connectivity index (χ1v) is 10.3. The van der Waals surface area contributed by atoms with Gasteiger partial charge < -0.3 is 26.4 Å². The van der Waals surface area contributed by atoms with E-state index in [1.54, 1.807) is 4.57 Å². The average Bonchev–Trinajstić information content (AvgIpc) is 3.30. The highest BCUT2D eigenvalue weighted by Crippen LogP contribution is 2.33. The predicted octanol–water partition coefficient (Wildman–Crippen LogP) is -1.07. The number of nitrogen functional groups attached to an aromatic ring is 1. The monoisotopic (exact) mass is 379 g/mol. The largest absolute Gasteiger partial charge is 0.387 e. The van der Waals surface area contributed by atoms with Gasteiger partial charge >= 0.3 is 0 Å². The van der Waals surface area contributed by atoms with Crippen LogP contribution in [0.2, 0.25) is 0 Å². The van der Waals surface area contributed by atoms with E-state index in [2.05, 4.69) is 27.3 Å². The quantitative estimate of drug-likeness (QED) is 0.388. The lowest BCUT2D eigenvalue weighted by Gasteiger charge is -2.17. The van der Waals surface area contributed by atoms with Crippen molar-refractivity contribution in [1.82, 2.24) is 19.5 Å². The second-order valence-corrected chi connectivity index (χ2v) is 9.13. The third-order valence-electron chi connectivity index (χ3n) is 5.02. The Balaban J connectivity index is 1.52. The van der Waals surface area contributed by atoms with E-state index in [1.165, 1.54) is 12.7 Å². The molecular weight excluding hydrogens is 356 g/mol. The zero-order chi connectivity index (χ0) is 18.4. The lowest BCUT2D eigenvalue weighted by Crippen LogP contribution is -2.37. The molecule has 2 aromatic rings. The molecule has 140 valence electrons. The van der Waals surface area contributed by atoms with Crippen LogP contribution in [0.1, 0.15) is 12.6 Å². The molecule has 26 heavy (non-hydrogen) atoms. The van der Waals surface area contributed by atoms with Crippen LogP contribution in [-0.2, 0) is 15.6 Å². The number of anilines is 1. The number of aliphatic hydroxyl groups is 2. The Bertz CT molecular complexity index is 829. The van der Waals surface area contributed by atoms with Gasteiger partial charge in [0.1, 0.15) is 41.2 Å². The van der Waals surface area contributed by atoms with E-state index in [-0.39, 0.29) is 22.8 Å². The van der Waals surface area contributed by atoms with Gasteiger partial charge in [-0.2, -0.15) is 0 Å². The number of nitrogens with two attached hydrogens (primary N) is 2. The van der Waals surface area contributed by atoms with Crippen molar-refractivity contribution < 1.29 is 14.9 Å². The number of imidazole rings is 1. The first kappa shape index (κ1) is 17.7. The summed E-state index contributed by atoms with van der Waals surface area (Å²) >= 11 is 0. The summed E-state index contributed by atoms with van der Waals surface area (Å²) in [5.74, 6) is 0.915. The van der Waals surface area contributed by atoms with E-state index in [0.29, 0.717) is 22.2 Å². The summed E-state index contributed by atoms with van der Waals surface area (Å²) in [7, 11) is -0.0175. The van der Waals surface area contributed by atoms with E-state index in [1.807, 2.05) is 6.08 Å². The first-order chi connectivity index (χ1) is 12.5. The van der Waals surface area contributed by atoms with Crippen LogP contribution in [0, 0.1) is 0 Å². The number of ether oxygens (including phenoxy) is 1. The number of fused-ring (bicyclic) bond motifs is 1. The van der Waals surface area contributed by atoms with E-state index in [9.17, 15) is 10.2 Å². The molecule has 1 saturated heterocycles. The van der Waals surface area contributed by atoms with Gasteiger partial charge in [-0.3, -0.25) is 4.57 Å². The van der Waals surface area contributed by atoms with Crippen LogP contribution in [0.5, 0.6) is 0 Å². The maximum atomic E-state index is 10.5. The highest BCUT2D eigenvalue weighted by atomic mass is 32.2. The maximum Gasteiger partial charge on any atom is 0.167 e. The van der Waals surface area contributed by atoms with Gasteiger partial charge in [-0.05, 0) is 17.0 Å². The molecule has 2 aromatic heterocycles. The van der Waals surface area contributed by atoms with Crippen LogP contribution in [0.15, 0.2) is 24.8 Å². The van der Waals surface area contributed by atoms with Crippen molar-refractivity contribution in [3.05, 3.63) is 24.8 Å². The Hall–Kier alpha value is -1.72. The van der Waals surface area contributed by atoms with Crippen LogP contribution in [0.3, 0.4) is 0 Å². The topological polar surface area (TPSA) is 145 Å². The number of aromatic nitrogens is 4. The summed E-state index contributed by atoms with van der Waals surface area (Å²) in [4.78, 5) is 12.3. The smallest absolute Gasteiger partial charge is 0.167 e. The van der Waals surface area contributed by atoms with Crippen molar-refractivity contribution in [1.29, 1.82) is 0 Å². The molecule has 1 aliphatic carbocycles. The van der Waals surface area contributed by atoms with E-state index in [4.69, 9.17) is 16.2 Å². The van der Waals surface area contributed by atoms with E-state index < -0.39 is 24.5 Å². The zero-order valence-corrected chi connectivity index (χ0v) is 15.2. The molecule has 0 spiro atoms. The number of nitrogens with zero attached hydrogens (tertiary/aromatic N) is 4. The summed E-state index contributed by atoms with van der Waals surface area (Å²) < 4.78 is 7.61. The van der Waals surface area contributed by atoms with Crippen molar-refractivity contribution in [2.75, 3.05) is 17.7 Å². The zero-order valence-electron chi connectivity index (χ0n) is 14.3. The molecule has 2 aliphatic rings. The third kappa shape index (κ3) is 2.97. The molecule has 1 aliphatic heterocycles. The molecule has 3 heterocycles. The van der Waals surface area contributed by atoms with Gasteiger partial charge in [0, 0.05) is 12.5 Å². The second kappa shape index (κ2) is 6.78. The third-order valence-corrected chi connectivity index (χ3v) is 7.26. The molecule has 10 heteroatoms. The molecule has 1 fully saturated rings. The highest BCUT2D eigenvalue weighted by Gasteiger charge is 2.47. The molecular formula is C16H23N6O3S+. The standard InChI is InChI=1S/C16H23N6O3S/c1-26(9-3-2-8(17)4-9)5-10-12(23)13(24)16(25-10)22-7-21-11-14(18)19-6-20-15(11)22/h2-3,6-10,12-13,16,23-24H,4-5,17H2,1H3,(H2,18,19,20)/q+1/t8?,9?,10-,12-,13-,16-,26?/m0/s1. The summed E-state index contributed by atoms with van der Waals surface area (Å²) in [6.45, 7) is 0. The molecule has 6 N–H and O–H groups in total. The molecule has 0 amide bonds. The molecule has 4 rings (SSSR count). The van der Waals surface area contributed by atoms with Gasteiger partial charge in [-0.15, -0.1) is 0 Å². The van der Waals surface area contributed by atoms with E-state index >= 15 is 0 Å². The fourth-order valence-electron chi connectivity index (χ4n) is 3.53. The molecule has 0 aromatic carbocycles. The molecule has 3 unspecified atom stereocenters. The number of rotatable bonds is 4. The molecule has 9 nitrogen and oxygen atoms in total. The van der Waals surface area contributed by atoms with Gasteiger partial charge in [0.05, 0.1) is 12.6 Å². The average molecular weight is 379 g/mol. The normalized spacial score (nSPS) is 35.4. The number of aliphatic hydroxyl groups excluding tert-OH is 2. The first-order valence-electron chi connectivity index (χ1n) is 8.45. The number of hydrogen-bond acceptors (Lipinski definition) is 8. The fourth-order valence-corrected chi connectivity index (χ4v) is 5.48. The predicted molar refractivity (Wildman–Crippen MR) is 99.3 cm³/mol. The van der Waals surface area contributed by atoms with Crippen LogP contribution in [-0.4, -0.2) is 71.3 Å². The second-order valence-electron chi connectivity index (χ2n) is 6.81. The van der Waals surface area contributed by atoms with Crippen molar-refractivity contribution in [3.63, 3.8) is 0 Å². The molecule has 0 radical (unpaired) electrons. The molecule has 0 saturated carbocycles. The lowest BCUT2D eigenvalue weighted by atomic mass is 10.1. The lowest BCUT2D eigenvalue weighted by molar-refractivity contribution is -0.0290. The Morgan fingerprint density at radius 2 is 2.08 bits per heavy atom. The summed E-state index contributed by atoms with van der Waals surface area (Å²) in [5, 5.41) is 21.4. The van der Waals surface area contributed by atoms with Crippen molar-refractivity contribution >= 4 is 27.9 Å². The minimum atomic E-state index is -1.08.